The van der Waals surface area contributed by atoms with Crippen molar-refractivity contribution in [3.8, 4) is 0 Å². The van der Waals surface area contributed by atoms with Gasteiger partial charge in [-0.1, -0.05) is 31.7 Å². The number of amides is 1. The molecule has 0 saturated carbocycles. The summed E-state index contributed by atoms with van der Waals surface area (Å²) in [6, 6.07) is 7.17. The summed E-state index contributed by atoms with van der Waals surface area (Å²) in [5.74, 6) is -1.69. The first kappa shape index (κ1) is 11.4. The van der Waals surface area contributed by atoms with E-state index in [-0.39, 0.29) is 12.5 Å². The van der Waals surface area contributed by atoms with E-state index in [9.17, 15) is 9.59 Å². The highest BCUT2D eigenvalue weighted by atomic mass is 16.4. The standard InChI is InChI=1S/C13H13NO3/c1-8(13(16)17)7-14-9(2)10-5-3-4-6-11(10)12(14)15/h3-6,8H,2,7H2,1H3,(H,16,17). The van der Waals surface area contributed by atoms with Crippen molar-refractivity contribution in [2.24, 2.45) is 5.92 Å². The molecule has 0 saturated heterocycles. The summed E-state index contributed by atoms with van der Waals surface area (Å²) in [6.45, 7) is 5.58. The Morgan fingerprint density at radius 2 is 2.00 bits per heavy atom. The highest BCUT2D eigenvalue weighted by molar-refractivity contribution is 6.08. The van der Waals surface area contributed by atoms with E-state index in [4.69, 9.17) is 5.11 Å². The number of aliphatic carboxylic acids is 1. The van der Waals surface area contributed by atoms with Crippen molar-refractivity contribution >= 4 is 17.6 Å². The number of carbonyl (C=O) groups excluding carboxylic acids is 1. The van der Waals surface area contributed by atoms with Gasteiger partial charge in [-0.05, 0) is 6.07 Å². The van der Waals surface area contributed by atoms with E-state index < -0.39 is 11.9 Å². The van der Waals surface area contributed by atoms with Crippen LogP contribution in [0.4, 0.5) is 0 Å². The first-order valence-electron chi connectivity index (χ1n) is 5.35. The zero-order chi connectivity index (χ0) is 12.6. The lowest BCUT2D eigenvalue weighted by Crippen LogP contribution is -2.31. The quantitative estimate of drug-likeness (QED) is 0.863. The second-order valence-electron chi connectivity index (χ2n) is 4.15. The van der Waals surface area contributed by atoms with Crippen LogP contribution in [0.15, 0.2) is 30.8 Å². The molecule has 0 spiro atoms. The molecule has 4 nitrogen and oxygen atoms in total. The molecule has 0 bridgehead atoms. The number of rotatable bonds is 3. The van der Waals surface area contributed by atoms with Crippen LogP contribution in [0.2, 0.25) is 0 Å². The number of hydrogen-bond donors (Lipinski definition) is 1. The minimum absolute atomic E-state index is 0.154. The van der Waals surface area contributed by atoms with E-state index in [0.29, 0.717) is 11.3 Å². The van der Waals surface area contributed by atoms with Crippen LogP contribution in [0, 0.1) is 5.92 Å². The second kappa shape index (κ2) is 4.05. The number of carboxylic acid groups (broad SMARTS) is 1. The molecule has 0 radical (unpaired) electrons. The molecule has 17 heavy (non-hydrogen) atoms. The van der Waals surface area contributed by atoms with Crippen LogP contribution in [-0.4, -0.2) is 28.4 Å². The van der Waals surface area contributed by atoms with Crippen LogP contribution in [0.1, 0.15) is 22.8 Å². The molecule has 1 aliphatic rings. The summed E-state index contributed by atoms with van der Waals surface area (Å²) in [7, 11) is 0. The molecular weight excluding hydrogens is 218 g/mol. The van der Waals surface area contributed by atoms with Gasteiger partial charge >= 0.3 is 5.97 Å². The molecule has 1 N–H and O–H groups in total. The number of fused-ring (bicyclic) bond motifs is 1. The third-order valence-electron chi connectivity index (χ3n) is 2.92. The van der Waals surface area contributed by atoms with E-state index in [0.717, 1.165) is 5.56 Å². The van der Waals surface area contributed by atoms with Crippen LogP contribution in [-0.2, 0) is 4.79 Å². The molecule has 1 unspecified atom stereocenters. The molecule has 88 valence electrons. The fourth-order valence-corrected chi connectivity index (χ4v) is 1.88. The number of nitrogens with zero attached hydrogens (tertiary/aromatic N) is 1. The fourth-order valence-electron chi connectivity index (χ4n) is 1.88. The summed E-state index contributed by atoms with van der Waals surface area (Å²) in [4.78, 5) is 24.3. The van der Waals surface area contributed by atoms with Gasteiger partial charge in [0, 0.05) is 23.4 Å². The normalized spacial score (nSPS) is 15.9. The SMILES string of the molecule is C=C1c2ccccc2C(=O)N1CC(C)C(=O)O. The average Bonchev–Trinajstić information content (AvgIpc) is 2.55. The molecule has 1 amide bonds. The minimum atomic E-state index is -0.915. The highest BCUT2D eigenvalue weighted by Crippen LogP contribution is 2.31. The van der Waals surface area contributed by atoms with E-state index in [1.807, 2.05) is 12.1 Å². The van der Waals surface area contributed by atoms with Crippen LogP contribution in [0.3, 0.4) is 0 Å². The Balaban J connectivity index is 2.27. The fraction of sp³-hybridized carbons (Fsp3) is 0.231. The van der Waals surface area contributed by atoms with Gasteiger partial charge < -0.3 is 10.0 Å². The maximum atomic E-state index is 12.0. The second-order valence-corrected chi connectivity index (χ2v) is 4.15. The van der Waals surface area contributed by atoms with Crippen molar-refractivity contribution in [1.82, 2.24) is 4.90 Å². The predicted octanol–water partition coefficient (Wildman–Crippen LogP) is 1.83. The Bertz CT molecular complexity index is 472. The van der Waals surface area contributed by atoms with Crippen molar-refractivity contribution in [3.05, 3.63) is 42.0 Å². The number of carbonyl (C=O) groups is 2. The van der Waals surface area contributed by atoms with Gasteiger partial charge in [0.15, 0.2) is 0 Å². The lowest BCUT2D eigenvalue weighted by atomic mass is 10.1. The van der Waals surface area contributed by atoms with Gasteiger partial charge in [0.25, 0.3) is 5.91 Å². The van der Waals surface area contributed by atoms with E-state index >= 15 is 0 Å². The van der Waals surface area contributed by atoms with Gasteiger partial charge in [0.1, 0.15) is 0 Å². The molecule has 4 heteroatoms. The lowest BCUT2D eigenvalue weighted by molar-refractivity contribution is -0.141. The monoisotopic (exact) mass is 231 g/mol. The zero-order valence-corrected chi connectivity index (χ0v) is 9.51. The molecular formula is C13H13NO3. The Hall–Kier alpha value is -2.10. The Morgan fingerprint density at radius 3 is 2.53 bits per heavy atom. The molecule has 2 rings (SSSR count). The molecule has 0 fully saturated rings. The zero-order valence-electron chi connectivity index (χ0n) is 9.51. The summed E-state index contributed by atoms with van der Waals surface area (Å²) in [5.41, 5.74) is 1.96. The highest BCUT2D eigenvalue weighted by Gasteiger charge is 2.32. The summed E-state index contributed by atoms with van der Waals surface area (Å²) in [6.07, 6.45) is 0. The van der Waals surface area contributed by atoms with Crippen LogP contribution in [0.25, 0.3) is 5.70 Å². The van der Waals surface area contributed by atoms with Gasteiger partial charge in [0.05, 0.1) is 5.92 Å². The summed E-state index contributed by atoms with van der Waals surface area (Å²) in [5, 5.41) is 8.86. The van der Waals surface area contributed by atoms with Crippen molar-refractivity contribution in [1.29, 1.82) is 0 Å². The Morgan fingerprint density at radius 1 is 1.41 bits per heavy atom. The van der Waals surface area contributed by atoms with Crippen molar-refractivity contribution < 1.29 is 14.7 Å². The summed E-state index contributed by atoms with van der Waals surface area (Å²) < 4.78 is 0. The Labute approximate surface area is 99.2 Å². The largest absolute Gasteiger partial charge is 0.481 e. The van der Waals surface area contributed by atoms with Gasteiger partial charge in [-0.2, -0.15) is 0 Å². The lowest BCUT2D eigenvalue weighted by Gasteiger charge is -2.19. The number of carboxylic acids is 1. The van der Waals surface area contributed by atoms with Gasteiger partial charge in [-0.15, -0.1) is 0 Å². The smallest absolute Gasteiger partial charge is 0.308 e. The molecule has 1 aromatic carbocycles. The van der Waals surface area contributed by atoms with Crippen molar-refractivity contribution in [2.45, 2.75) is 6.92 Å². The topological polar surface area (TPSA) is 57.6 Å². The average molecular weight is 231 g/mol. The van der Waals surface area contributed by atoms with Crippen molar-refractivity contribution in [2.75, 3.05) is 6.54 Å². The third kappa shape index (κ3) is 1.82. The predicted molar refractivity (Wildman–Crippen MR) is 63.3 cm³/mol. The van der Waals surface area contributed by atoms with Gasteiger partial charge in [0.2, 0.25) is 0 Å². The maximum Gasteiger partial charge on any atom is 0.308 e. The molecule has 1 aromatic rings. The maximum absolute atomic E-state index is 12.0. The van der Waals surface area contributed by atoms with Crippen LogP contribution >= 0.6 is 0 Å². The van der Waals surface area contributed by atoms with Crippen molar-refractivity contribution in [3.63, 3.8) is 0 Å². The van der Waals surface area contributed by atoms with Crippen LogP contribution in [0.5, 0.6) is 0 Å². The number of hydrogen-bond acceptors (Lipinski definition) is 2. The molecule has 0 aliphatic carbocycles. The first-order valence-corrected chi connectivity index (χ1v) is 5.35. The summed E-state index contributed by atoms with van der Waals surface area (Å²) >= 11 is 0. The third-order valence-corrected chi connectivity index (χ3v) is 2.92. The van der Waals surface area contributed by atoms with E-state index in [2.05, 4.69) is 6.58 Å². The minimum Gasteiger partial charge on any atom is -0.481 e. The molecule has 1 atom stereocenters. The first-order chi connectivity index (χ1) is 8.02. The van der Waals surface area contributed by atoms with E-state index in [1.54, 1.807) is 19.1 Å². The number of benzene rings is 1. The molecule has 0 aromatic heterocycles. The van der Waals surface area contributed by atoms with Crippen LogP contribution < -0.4 is 0 Å². The molecule has 1 heterocycles. The van der Waals surface area contributed by atoms with Gasteiger partial charge in [-0.3, -0.25) is 9.59 Å². The molecule has 1 aliphatic heterocycles. The van der Waals surface area contributed by atoms with Gasteiger partial charge in [-0.25, -0.2) is 0 Å². The Kier molecular flexibility index (Phi) is 2.71. The van der Waals surface area contributed by atoms with E-state index in [1.165, 1.54) is 4.90 Å².